The first-order chi connectivity index (χ1) is 9.88. The Hall–Kier alpha value is -1.91. The van der Waals surface area contributed by atoms with Crippen molar-refractivity contribution in [3.05, 3.63) is 65.7 Å². The van der Waals surface area contributed by atoms with E-state index in [1.54, 1.807) is 0 Å². The number of benzene rings is 2. The topological polar surface area (TPSA) is 9.23 Å². The number of alkyl halides is 1. The molecule has 2 heteroatoms. The molecule has 0 spiro atoms. The van der Waals surface area contributed by atoms with Gasteiger partial charge in [0.05, 0.1) is 6.61 Å². The summed E-state index contributed by atoms with van der Waals surface area (Å²) in [6.45, 7) is 0.682. The van der Waals surface area contributed by atoms with Crippen LogP contribution in [0.2, 0.25) is 0 Å². The zero-order valence-corrected chi connectivity index (χ0v) is 12.1. The Morgan fingerprint density at radius 2 is 1.70 bits per heavy atom. The van der Waals surface area contributed by atoms with Crippen LogP contribution in [0, 0.1) is 11.8 Å². The van der Waals surface area contributed by atoms with Crippen molar-refractivity contribution in [2.45, 2.75) is 12.8 Å². The van der Waals surface area contributed by atoms with Crippen molar-refractivity contribution in [3.63, 3.8) is 0 Å². The highest BCUT2D eigenvalue weighted by Crippen LogP contribution is 2.12. The Morgan fingerprint density at radius 1 is 0.950 bits per heavy atom. The van der Waals surface area contributed by atoms with Gasteiger partial charge in [0.1, 0.15) is 5.75 Å². The minimum atomic E-state index is 0.577. The molecule has 0 unspecified atom stereocenters. The lowest BCUT2D eigenvalue weighted by molar-refractivity contribution is 0.322. The minimum Gasteiger partial charge on any atom is -0.493 e. The van der Waals surface area contributed by atoms with Crippen LogP contribution in [-0.4, -0.2) is 12.5 Å². The molecular weight excluding hydrogens is 268 g/mol. The molecule has 102 valence electrons. The molecule has 0 bridgehead atoms. The average Bonchev–Trinajstić information content (AvgIpc) is 2.50. The average molecular weight is 285 g/mol. The predicted molar refractivity (Wildman–Crippen MR) is 84.3 cm³/mol. The quantitative estimate of drug-likeness (QED) is 0.588. The lowest BCUT2D eigenvalue weighted by Crippen LogP contribution is -2.00. The largest absolute Gasteiger partial charge is 0.493 e. The van der Waals surface area contributed by atoms with E-state index in [9.17, 15) is 0 Å². The first-order valence-electron chi connectivity index (χ1n) is 6.70. The zero-order valence-electron chi connectivity index (χ0n) is 11.3. The molecule has 0 saturated carbocycles. The van der Waals surface area contributed by atoms with Gasteiger partial charge in [-0.2, -0.15) is 0 Å². The van der Waals surface area contributed by atoms with Gasteiger partial charge in [0.15, 0.2) is 0 Å². The number of ether oxygens (including phenoxy) is 1. The zero-order chi connectivity index (χ0) is 14.0. The first-order valence-corrected chi connectivity index (χ1v) is 7.23. The van der Waals surface area contributed by atoms with Crippen LogP contribution < -0.4 is 4.74 Å². The van der Waals surface area contributed by atoms with Crippen molar-refractivity contribution >= 4 is 11.6 Å². The van der Waals surface area contributed by atoms with Gasteiger partial charge in [0.25, 0.3) is 0 Å². The molecule has 0 aliphatic rings. The molecule has 1 nitrogen and oxygen atoms in total. The van der Waals surface area contributed by atoms with E-state index in [1.165, 1.54) is 5.56 Å². The second-order valence-electron chi connectivity index (χ2n) is 4.35. The predicted octanol–water partition coefficient (Wildman–Crippen LogP) is 4.29. The van der Waals surface area contributed by atoms with E-state index >= 15 is 0 Å². The Kier molecular flexibility index (Phi) is 6.02. The van der Waals surface area contributed by atoms with Gasteiger partial charge < -0.3 is 4.74 Å². The maximum Gasteiger partial charge on any atom is 0.119 e. The van der Waals surface area contributed by atoms with E-state index in [2.05, 4.69) is 24.0 Å². The van der Waals surface area contributed by atoms with E-state index in [-0.39, 0.29) is 0 Å². The van der Waals surface area contributed by atoms with Crippen LogP contribution in [0.25, 0.3) is 0 Å². The maximum absolute atomic E-state index is 5.72. The van der Waals surface area contributed by atoms with Crippen LogP contribution in [-0.2, 0) is 6.42 Å². The van der Waals surface area contributed by atoms with Crippen molar-refractivity contribution < 1.29 is 4.74 Å². The lowest BCUT2D eigenvalue weighted by Gasteiger charge is -2.06. The fourth-order valence-corrected chi connectivity index (χ4v) is 1.87. The highest BCUT2D eigenvalue weighted by molar-refractivity contribution is 6.18. The monoisotopic (exact) mass is 284 g/mol. The lowest BCUT2D eigenvalue weighted by atomic mass is 10.2. The molecule has 0 N–H and O–H groups in total. The van der Waals surface area contributed by atoms with Crippen molar-refractivity contribution in [2.24, 2.45) is 0 Å². The molecule has 20 heavy (non-hydrogen) atoms. The summed E-state index contributed by atoms with van der Waals surface area (Å²) in [6.07, 6.45) is 1.63. The number of hydrogen-bond acceptors (Lipinski definition) is 1. The molecule has 0 amide bonds. The van der Waals surface area contributed by atoms with Crippen LogP contribution in [0.3, 0.4) is 0 Å². The summed E-state index contributed by atoms with van der Waals surface area (Å²) in [5.41, 5.74) is 2.28. The minimum absolute atomic E-state index is 0.577. The standard InChI is InChI=1S/C18H17ClO/c19-14-5-4-8-17-9-11-18(12-10-17)20-15-13-16-6-2-1-3-7-16/h1-3,6-7,9-12H,5,13-15H2. The molecule has 0 heterocycles. The van der Waals surface area contributed by atoms with Crippen molar-refractivity contribution in [1.82, 2.24) is 0 Å². The maximum atomic E-state index is 5.72. The Bertz CT molecular complexity index is 564. The van der Waals surface area contributed by atoms with Gasteiger partial charge in [-0.15, -0.1) is 11.6 Å². The van der Waals surface area contributed by atoms with Crippen molar-refractivity contribution in [1.29, 1.82) is 0 Å². The summed E-state index contributed by atoms with van der Waals surface area (Å²) >= 11 is 5.58. The Balaban J connectivity index is 1.81. The van der Waals surface area contributed by atoms with E-state index in [0.717, 1.165) is 24.2 Å². The SMILES string of the molecule is ClCCC#Cc1ccc(OCCc2ccccc2)cc1. The normalized spacial score (nSPS) is 9.65. The van der Waals surface area contributed by atoms with E-state index in [4.69, 9.17) is 16.3 Å². The van der Waals surface area contributed by atoms with Gasteiger partial charge in [-0.3, -0.25) is 0 Å². The van der Waals surface area contributed by atoms with Crippen molar-refractivity contribution in [2.75, 3.05) is 12.5 Å². The Morgan fingerprint density at radius 3 is 2.40 bits per heavy atom. The molecule has 0 aromatic heterocycles. The summed E-state index contributed by atoms with van der Waals surface area (Å²) in [7, 11) is 0. The van der Waals surface area contributed by atoms with Gasteiger partial charge in [-0.1, -0.05) is 42.2 Å². The van der Waals surface area contributed by atoms with Crippen molar-refractivity contribution in [3.8, 4) is 17.6 Å². The second-order valence-corrected chi connectivity index (χ2v) is 4.73. The molecule has 2 rings (SSSR count). The molecule has 2 aromatic carbocycles. The second kappa shape index (κ2) is 8.30. The van der Waals surface area contributed by atoms with E-state index < -0.39 is 0 Å². The van der Waals surface area contributed by atoms with Gasteiger partial charge in [0.2, 0.25) is 0 Å². The highest BCUT2D eigenvalue weighted by Gasteiger charge is 1.95. The number of halogens is 1. The molecule has 0 aliphatic carbocycles. The fraction of sp³-hybridized carbons (Fsp3) is 0.222. The molecular formula is C18H17ClO. The van der Waals surface area contributed by atoms with E-state index in [0.29, 0.717) is 12.5 Å². The molecule has 0 saturated heterocycles. The summed E-state index contributed by atoms with van der Waals surface area (Å²) in [4.78, 5) is 0. The molecule has 0 radical (unpaired) electrons. The van der Waals surface area contributed by atoms with Crippen LogP contribution >= 0.6 is 11.6 Å². The van der Waals surface area contributed by atoms with Crippen LogP contribution in [0.15, 0.2) is 54.6 Å². The smallest absolute Gasteiger partial charge is 0.119 e. The van der Waals surface area contributed by atoms with Gasteiger partial charge >= 0.3 is 0 Å². The Labute approximate surface area is 125 Å². The summed E-state index contributed by atoms with van der Waals surface area (Å²) in [5.74, 6) is 7.53. The van der Waals surface area contributed by atoms with Gasteiger partial charge in [-0.25, -0.2) is 0 Å². The van der Waals surface area contributed by atoms with Crippen LogP contribution in [0.5, 0.6) is 5.75 Å². The molecule has 0 atom stereocenters. The third-order valence-electron chi connectivity index (χ3n) is 2.81. The summed E-state index contributed by atoms with van der Waals surface area (Å²) in [5, 5.41) is 0. The molecule has 2 aromatic rings. The van der Waals surface area contributed by atoms with Gasteiger partial charge in [0, 0.05) is 24.3 Å². The van der Waals surface area contributed by atoms with Crippen LogP contribution in [0.1, 0.15) is 17.5 Å². The fourth-order valence-electron chi connectivity index (χ4n) is 1.78. The number of rotatable bonds is 5. The van der Waals surface area contributed by atoms with Crippen LogP contribution in [0.4, 0.5) is 0 Å². The number of hydrogen-bond donors (Lipinski definition) is 0. The third kappa shape index (κ3) is 4.99. The summed E-state index contributed by atoms with van der Waals surface area (Å²) in [6, 6.07) is 18.2. The third-order valence-corrected chi connectivity index (χ3v) is 3.00. The summed E-state index contributed by atoms with van der Waals surface area (Å²) < 4.78 is 5.72. The molecule has 0 aliphatic heterocycles. The first kappa shape index (κ1) is 14.5. The molecule has 0 fully saturated rings. The van der Waals surface area contributed by atoms with Gasteiger partial charge in [-0.05, 0) is 29.8 Å². The highest BCUT2D eigenvalue weighted by atomic mass is 35.5. The van der Waals surface area contributed by atoms with E-state index in [1.807, 2.05) is 42.5 Å².